The van der Waals surface area contributed by atoms with Crippen LogP contribution < -0.4 is 5.32 Å². The summed E-state index contributed by atoms with van der Waals surface area (Å²) in [6, 6.07) is 16.2. The van der Waals surface area contributed by atoms with E-state index >= 15 is 0 Å². The van der Waals surface area contributed by atoms with Gasteiger partial charge in [0.25, 0.3) is 5.91 Å². The highest BCUT2D eigenvalue weighted by Gasteiger charge is 2.27. The fourth-order valence-corrected chi connectivity index (χ4v) is 3.73. The van der Waals surface area contributed by atoms with Crippen molar-refractivity contribution in [1.82, 2.24) is 4.98 Å². The third-order valence-corrected chi connectivity index (χ3v) is 4.93. The molecule has 0 saturated carbocycles. The molecule has 1 aliphatic rings. The lowest BCUT2D eigenvalue weighted by atomic mass is 9.94. The number of aryl methyl sites for hydroxylation is 2. The van der Waals surface area contributed by atoms with Crippen LogP contribution in [-0.4, -0.2) is 10.9 Å². The molecule has 0 radical (unpaired) electrons. The molecule has 3 aromatic rings. The Hall–Kier alpha value is -2.59. The summed E-state index contributed by atoms with van der Waals surface area (Å²) in [5, 5.41) is 2.99. The second kappa shape index (κ2) is 6.05. The molecular weight excluding hydrogens is 376 g/mol. The van der Waals surface area contributed by atoms with Crippen molar-refractivity contribution in [2.75, 3.05) is 5.32 Å². The normalized spacial score (nSPS) is 14.7. The molecule has 1 aromatic heterocycles. The first kappa shape index (κ1) is 15.9. The Morgan fingerprint density at radius 1 is 1.04 bits per heavy atom. The first-order valence-electron chi connectivity index (χ1n) is 8.11. The molecule has 0 bridgehead atoms. The van der Waals surface area contributed by atoms with E-state index in [2.05, 4.69) is 50.5 Å². The number of fused-ring (bicyclic) bond motifs is 1. The number of nitrogens with one attached hydrogen (secondary N) is 2. The summed E-state index contributed by atoms with van der Waals surface area (Å²) in [4.78, 5) is 15.9. The highest BCUT2D eigenvalue weighted by molar-refractivity contribution is 9.10. The van der Waals surface area contributed by atoms with Gasteiger partial charge >= 0.3 is 0 Å². The fraction of sp³-hybridized carbons (Fsp3) is 0.0952. The van der Waals surface area contributed by atoms with Gasteiger partial charge in [0, 0.05) is 27.1 Å². The third-order valence-electron chi connectivity index (χ3n) is 4.44. The summed E-state index contributed by atoms with van der Waals surface area (Å²) in [5.41, 5.74) is 7.81. The van der Waals surface area contributed by atoms with E-state index in [1.807, 2.05) is 44.2 Å². The SMILES string of the molecule is Cc1cc(C)c(/C=C2\C(=O)Nc3cccc(-c4cccc(Br)c4)c32)[nH]1. The van der Waals surface area contributed by atoms with Crippen LogP contribution in [0.3, 0.4) is 0 Å². The maximum atomic E-state index is 12.6. The molecule has 25 heavy (non-hydrogen) atoms. The van der Waals surface area contributed by atoms with Crippen LogP contribution in [0, 0.1) is 13.8 Å². The molecular formula is C21H17BrN2O. The van der Waals surface area contributed by atoms with Gasteiger partial charge < -0.3 is 10.3 Å². The number of hydrogen-bond donors (Lipinski definition) is 2. The van der Waals surface area contributed by atoms with E-state index < -0.39 is 0 Å². The molecule has 4 heteroatoms. The van der Waals surface area contributed by atoms with E-state index in [-0.39, 0.29) is 5.91 Å². The van der Waals surface area contributed by atoms with Crippen molar-refractivity contribution in [1.29, 1.82) is 0 Å². The number of hydrogen-bond acceptors (Lipinski definition) is 1. The number of aromatic nitrogens is 1. The predicted octanol–water partition coefficient (Wildman–Crippen LogP) is 5.55. The molecule has 2 heterocycles. The van der Waals surface area contributed by atoms with Gasteiger partial charge in [-0.15, -0.1) is 0 Å². The molecule has 4 rings (SSSR count). The lowest BCUT2D eigenvalue weighted by Crippen LogP contribution is -2.03. The van der Waals surface area contributed by atoms with Gasteiger partial charge in [0.2, 0.25) is 0 Å². The van der Waals surface area contributed by atoms with Gasteiger partial charge in [-0.05, 0) is 60.9 Å². The Morgan fingerprint density at radius 3 is 2.56 bits per heavy atom. The highest BCUT2D eigenvalue weighted by Crippen LogP contribution is 2.40. The van der Waals surface area contributed by atoms with Crippen LogP contribution in [0.1, 0.15) is 22.5 Å². The molecule has 0 atom stereocenters. The van der Waals surface area contributed by atoms with E-state index in [0.29, 0.717) is 5.57 Å². The zero-order valence-electron chi connectivity index (χ0n) is 14.0. The van der Waals surface area contributed by atoms with Gasteiger partial charge in [-0.3, -0.25) is 4.79 Å². The van der Waals surface area contributed by atoms with Crippen molar-refractivity contribution in [2.24, 2.45) is 0 Å². The topological polar surface area (TPSA) is 44.9 Å². The summed E-state index contributed by atoms with van der Waals surface area (Å²) in [7, 11) is 0. The Balaban J connectivity index is 1.92. The van der Waals surface area contributed by atoms with Crippen LogP contribution in [-0.2, 0) is 4.79 Å². The van der Waals surface area contributed by atoms with E-state index in [1.54, 1.807) is 0 Å². The van der Waals surface area contributed by atoms with Gasteiger partial charge in [-0.1, -0.05) is 40.2 Å². The molecule has 1 aliphatic heterocycles. The average Bonchev–Trinajstić information content (AvgIpc) is 3.06. The van der Waals surface area contributed by atoms with E-state index in [4.69, 9.17) is 0 Å². The predicted molar refractivity (Wildman–Crippen MR) is 106 cm³/mol. The lowest BCUT2D eigenvalue weighted by molar-refractivity contribution is -0.110. The van der Waals surface area contributed by atoms with Crippen molar-refractivity contribution in [3.63, 3.8) is 0 Å². The molecule has 124 valence electrons. The number of rotatable bonds is 2. The molecule has 0 saturated heterocycles. The van der Waals surface area contributed by atoms with Crippen molar-refractivity contribution >= 4 is 39.2 Å². The summed E-state index contributed by atoms with van der Waals surface area (Å²) in [6.07, 6.45) is 1.95. The van der Waals surface area contributed by atoms with Gasteiger partial charge in [-0.25, -0.2) is 0 Å². The Morgan fingerprint density at radius 2 is 1.84 bits per heavy atom. The zero-order chi connectivity index (χ0) is 17.6. The summed E-state index contributed by atoms with van der Waals surface area (Å²) in [6.45, 7) is 4.06. The van der Waals surface area contributed by atoms with Gasteiger partial charge in [0.1, 0.15) is 0 Å². The largest absolute Gasteiger partial charge is 0.359 e. The second-order valence-electron chi connectivity index (χ2n) is 6.30. The highest BCUT2D eigenvalue weighted by atomic mass is 79.9. The number of benzene rings is 2. The maximum absolute atomic E-state index is 12.6. The summed E-state index contributed by atoms with van der Waals surface area (Å²) in [5.74, 6) is -0.0656. The number of anilines is 1. The minimum atomic E-state index is -0.0656. The van der Waals surface area contributed by atoms with Crippen molar-refractivity contribution < 1.29 is 4.79 Å². The minimum absolute atomic E-state index is 0.0656. The molecule has 1 amide bonds. The quantitative estimate of drug-likeness (QED) is 0.551. The fourth-order valence-electron chi connectivity index (χ4n) is 3.33. The van der Waals surface area contributed by atoms with Crippen LogP contribution in [0.4, 0.5) is 5.69 Å². The average molecular weight is 393 g/mol. The molecule has 0 spiro atoms. The van der Waals surface area contributed by atoms with Crippen molar-refractivity contribution in [3.05, 3.63) is 75.5 Å². The summed E-state index contributed by atoms with van der Waals surface area (Å²) >= 11 is 3.53. The second-order valence-corrected chi connectivity index (χ2v) is 7.22. The molecule has 0 aliphatic carbocycles. The number of carbonyl (C=O) groups is 1. The van der Waals surface area contributed by atoms with Crippen molar-refractivity contribution in [2.45, 2.75) is 13.8 Å². The molecule has 2 aromatic carbocycles. The molecule has 0 fully saturated rings. The molecule has 0 unspecified atom stereocenters. The maximum Gasteiger partial charge on any atom is 0.256 e. The Kier molecular flexibility index (Phi) is 3.85. The first-order chi connectivity index (χ1) is 12.0. The van der Waals surface area contributed by atoms with Crippen LogP contribution in [0.15, 0.2) is 53.0 Å². The van der Waals surface area contributed by atoms with Gasteiger partial charge in [0.05, 0.1) is 5.57 Å². The van der Waals surface area contributed by atoms with Gasteiger partial charge in [-0.2, -0.15) is 0 Å². The standard InChI is InChI=1S/C21H17BrN2O/c1-12-9-13(2)23-19(12)11-17-20-16(14-5-3-6-15(22)10-14)7-4-8-18(20)24-21(17)25/h3-11,23H,1-2H3,(H,24,25)/b17-11-. The van der Waals surface area contributed by atoms with E-state index in [9.17, 15) is 4.79 Å². The number of H-pyrrole nitrogens is 1. The number of aromatic amines is 1. The van der Waals surface area contributed by atoms with Crippen LogP contribution in [0.25, 0.3) is 22.8 Å². The Labute approximate surface area is 154 Å². The van der Waals surface area contributed by atoms with Gasteiger partial charge in [0.15, 0.2) is 0 Å². The third kappa shape index (κ3) is 2.83. The number of amides is 1. The molecule has 3 nitrogen and oxygen atoms in total. The van der Waals surface area contributed by atoms with Crippen molar-refractivity contribution in [3.8, 4) is 11.1 Å². The summed E-state index contributed by atoms with van der Waals surface area (Å²) < 4.78 is 1.02. The van der Waals surface area contributed by atoms with Crippen LogP contribution >= 0.6 is 15.9 Å². The lowest BCUT2D eigenvalue weighted by Gasteiger charge is -2.09. The first-order valence-corrected chi connectivity index (χ1v) is 8.91. The molecule has 2 N–H and O–H groups in total. The monoisotopic (exact) mass is 392 g/mol. The van der Waals surface area contributed by atoms with E-state index in [1.165, 1.54) is 0 Å². The number of halogens is 1. The van der Waals surface area contributed by atoms with Crippen LogP contribution in [0.2, 0.25) is 0 Å². The Bertz CT molecular complexity index is 1030. The number of carbonyl (C=O) groups excluding carboxylic acids is 1. The van der Waals surface area contributed by atoms with Crippen LogP contribution in [0.5, 0.6) is 0 Å². The smallest absolute Gasteiger partial charge is 0.256 e. The minimum Gasteiger partial charge on any atom is -0.359 e. The zero-order valence-corrected chi connectivity index (χ0v) is 15.6. The van der Waals surface area contributed by atoms with E-state index in [0.717, 1.165) is 43.8 Å².